The summed E-state index contributed by atoms with van der Waals surface area (Å²) in [7, 11) is 0. The highest BCUT2D eigenvalue weighted by Gasteiger charge is 2.19. The first kappa shape index (κ1) is 75.4. The fourth-order valence-electron chi connectivity index (χ4n) is 10.4. The average Bonchev–Trinajstić information content (AvgIpc) is 3.44. The maximum Gasteiger partial charge on any atom is 0.306 e. The Morgan fingerprint density at radius 2 is 0.500 bits per heavy atom. The summed E-state index contributed by atoms with van der Waals surface area (Å²) in [5, 5.41) is 0. The maximum atomic E-state index is 12.9. The molecule has 0 radical (unpaired) electrons. The van der Waals surface area contributed by atoms with E-state index in [2.05, 4.69) is 69.4 Å². The largest absolute Gasteiger partial charge is 0.462 e. The molecule has 0 aromatic rings. The second-order valence-electron chi connectivity index (χ2n) is 23.4. The monoisotopic (exact) mass is 1090 g/mol. The first-order valence-electron chi connectivity index (χ1n) is 34.6. The highest BCUT2D eigenvalue weighted by molar-refractivity contribution is 5.71. The van der Waals surface area contributed by atoms with Crippen molar-refractivity contribution in [3.8, 4) is 0 Å². The Labute approximate surface area is 486 Å². The molecule has 0 N–H and O–H groups in total. The first-order valence-corrected chi connectivity index (χ1v) is 34.6. The van der Waals surface area contributed by atoms with Crippen molar-refractivity contribution in [2.24, 2.45) is 0 Å². The van der Waals surface area contributed by atoms with Crippen LogP contribution in [0.15, 0.2) is 48.6 Å². The Balaban J connectivity index is 4.05. The van der Waals surface area contributed by atoms with E-state index in [1.54, 1.807) is 0 Å². The van der Waals surface area contributed by atoms with Gasteiger partial charge in [0.25, 0.3) is 0 Å². The molecule has 0 aromatic heterocycles. The predicted octanol–water partition coefficient (Wildman–Crippen LogP) is 23.7. The molecule has 456 valence electrons. The summed E-state index contributed by atoms with van der Waals surface area (Å²) < 4.78 is 16.9. The van der Waals surface area contributed by atoms with E-state index in [9.17, 15) is 14.4 Å². The van der Waals surface area contributed by atoms with Crippen molar-refractivity contribution in [3.05, 3.63) is 48.6 Å². The van der Waals surface area contributed by atoms with E-state index in [1.807, 2.05) is 0 Å². The summed E-state index contributed by atoms with van der Waals surface area (Å²) in [6, 6.07) is 0. The van der Waals surface area contributed by atoms with Crippen molar-refractivity contribution in [2.75, 3.05) is 13.2 Å². The molecule has 6 nitrogen and oxygen atoms in total. The number of allylic oxidation sites excluding steroid dienone is 8. The molecule has 0 heterocycles. The highest BCUT2D eigenvalue weighted by atomic mass is 16.6. The molecule has 0 amide bonds. The van der Waals surface area contributed by atoms with E-state index in [-0.39, 0.29) is 31.1 Å². The quantitative estimate of drug-likeness (QED) is 0.0261. The molecule has 0 rings (SSSR count). The van der Waals surface area contributed by atoms with Gasteiger partial charge in [-0.1, -0.05) is 345 Å². The molecule has 0 aliphatic rings. The molecule has 1 unspecified atom stereocenters. The first-order chi connectivity index (χ1) is 38.5. The van der Waals surface area contributed by atoms with Gasteiger partial charge in [0.1, 0.15) is 13.2 Å². The smallest absolute Gasteiger partial charge is 0.306 e. The van der Waals surface area contributed by atoms with Crippen LogP contribution in [0.1, 0.15) is 374 Å². The predicted molar refractivity (Wildman–Crippen MR) is 339 cm³/mol. The number of rotatable bonds is 64. The summed E-state index contributed by atoms with van der Waals surface area (Å²) >= 11 is 0. The lowest BCUT2D eigenvalue weighted by atomic mass is 10.0. The Kier molecular flexibility index (Phi) is 64.6. The summed E-state index contributed by atoms with van der Waals surface area (Å²) in [4.78, 5) is 38.3. The van der Waals surface area contributed by atoms with Crippen LogP contribution in [0.5, 0.6) is 0 Å². The van der Waals surface area contributed by atoms with Crippen LogP contribution >= 0.6 is 0 Å². The number of unbranched alkanes of at least 4 members (excludes halogenated alkanes) is 45. The third-order valence-electron chi connectivity index (χ3n) is 15.6. The van der Waals surface area contributed by atoms with Crippen molar-refractivity contribution in [2.45, 2.75) is 380 Å². The number of carbonyl (C=O) groups excluding carboxylic acids is 3. The van der Waals surface area contributed by atoms with Crippen LogP contribution in [0.3, 0.4) is 0 Å². The molecule has 0 saturated heterocycles. The molecule has 6 heteroatoms. The van der Waals surface area contributed by atoms with E-state index < -0.39 is 6.10 Å². The van der Waals surface area contributed by atoms with E-state index in [4.69, 9.17) is 14.2 Å². The molecular weight excluding hydrogens is 961 g/mol. The third-order valence-corrected chi connectivity index (χ3v) is 15.6. The van der Waals surface area contributed by atoms with Crippen molar-refractivity contribution in [1.82, 2.24) is 0 Å². The van der Waals surface area contributed by atoms with Gasteiger partial charge in [-0.3, -0.25) is 14.4 Å². The molecule has 1 atom stereocenters. The Bertz CT molecular complexity index is 1350. The molecule has 0 aliphatic heterocycles. The second-order valence-corrected chi connectivity index (χ2v) is 23.4. The third kappa shape index (κ3) is 64.2. The second kappa shape index (κ2) is 66.9. The van der Waals surface area contributed by atoms with Crippen LogP contribution in [0, 0.1) is 0 Å². The molecule has 0 fully saturated rings. The molecule has 0 spiro atoms. The minimum Gasteiger partial charge on any atom is -0.462 e. The zero-order chi connectivity index (χ0) is 56.4. The van der Waals surface area contributed by atoms with Crippen molar-refractivity contribution >= 4 is 17.9 Å². The van der Waals surface area contributed by atoms with E-state index in [1.165, 1.54) is 250 Å². The van der Waals surface area contributed by atoms with E-state index >= 15 is 0 Å². The molecule has 78 heavy (non-hydrogen) atoms. The molecule has 0 saturated carbocycles. The zero-order valence-corrected chi connectivity index (χ0v) is 52.5. The number of hydrogen-bond donors (Lipinski definition) is 0. The molecular formula is C72H132O6. The lowest BCUT2D eigenvalue weighted by molar-refractivity contribution is -0.167. The van der Waals surface area contributed by atoms with Gasteiger partial charge in [-0.25, -0.2) is 0 Å². The fraction of sp³-hybridized carbons (Fsp3) is 0.847. The minimum atomic E-state index is -0.766. The van der Waals surface area contributed by atoms with Gasteiger partial charge in [-0.15, -0.1) is 0 Å². The van der Waals surface area contributed by atoms with Crippen LogP contribution in [0.2, 0.25) is 0 Å². The van der Waals surface area contributed by atoms with Gasteiger partial charge < -0.3 is 14.2 Å². The van der Waals surface area contributed by atoms with Crippen LogP contribution in [0.25, 0.3) is 0 Å². The summed E-state index contributed by atoms with van der Waals surface area (Å²) in [5.41, 5.74) is 0. The minimum absolute atomic E-state index is 0.0650. The summed E-state index contributed by atoms with van der Waals surface area (Å²) in [6.07, 6.45) is 84.4. The fourth-order valence-corrected chi connectivity index (χ4v) is 10.4. The summed E-state index contributed by atoms with van der Waals surface area (Å²) in [5.74, 6) is -0.838. The van der Waals surface area contributed by atoms with Gasteiger partial charge in [0.05, 0.1) is 0 Å². The van der Waals surface area contributed by atoms with E-state index in [0.717, 1.165) is 83.5 Å². The van der Waals surface area contributed by atoms with Crippen LogP contribution in [-0.2, 0) is 28.6 Å². The van der Waals surface area contributed by atoms with Gasteiger partial charge in [-0.2, -0.15) is 0 Å². The maximum absolute atomic E-state index is 12.9. The highest BCUT2D eigenvalue weighted by Crippen LogP contribution is 2.18. The average molecular weight is 1090 g/mol. The number of ether oxygens (including phenoxy) is 3. The Morgan fingerprint density at radius 1 is 0.269 bits per heavy atom. The van der Waals surface area contributed by atoms with E-state index in [0.29, 0.717) is 19.3 Å². The standard InChI is InChI=1S/C72H132O6/c1-4-7-10-13-16-19-22-24-26-28-29-30-31-32-33-34-35-36-37-38-39-40-41-42-43-45-46-48-50-53-56-59-62-65-71(74)77-68-69(67-76-70(73)64-61-58-55-52-21-18-15-12-9-6-3)78-72(75)66-63-60-57-54-51-49-47-44-27-25-23-20-17-14-11-8-5-2/h7,10,16,19,24,26,29-30,69H,4-6,8-9,11-15,17-18,20-23,25,27-28,31-68H2,1-3H3/b10-7-,19-16-,26-24-,30-29-. The molecule has 0 aliphatic carbocycles. The van der Waals surface area contributed by atoms with Gasteiger partial charge in [0, 0.05) is 19.3 Å². The number of carbonyl (C=O) groups is 3. The summed E-state index contributed by atoms with van der Waals surface area (Å²) in [6.45, 7) is 6.58. The van der Waals surface area contributed by atoms with Gasteiger partial charge in [0.2, 0.25) is 0 Å². The van der Waals surface area contributed by atoms with Crippen LogP contribution in [-0.4, -0.2) is 37.2 Å². The van der Waals surface area contributed by atoms with Crippen molar-refractivity contribution in [1.29, 1.82) is 0 Å². The zero-order valence-electron chi connectivity index (χ0n) is 52.5. The van der Waals surface area contributed by atoms with Gasteiger partial charge in [-0.05, 0) is 57.8 Å². The van der Waals surface area contributed by atoms with Crippen LogP contribution in [0.4, 0.5) is 0 Å². The van der Waals surface area contributed by atoms with Crippen LogP contribution < -0.4 is 0 Å². The molecule has 0 bridgehead atoms. The molecule has 0 aromatic carbocycles. The van der Waals surface area contributed by atoms with Gasteiger partial charge >= 0.3 is 17.9 Å². The van der Waals surface area contributed by atoms with Crippen molar-refractivity contribution in [3.63, 3.8) is 0 Å². The number of esters is 3. The van der Waals surface area contributed by atoms with Gasteiger partial charge in [0.15, 0.2) is 6.10 Å². The Morgan fingerprint density at radius 3 is 0.782 bits per heavy atom. The van der Waals surface area contributed by atoms with Crippen molar-refractivity contribution < 1.29 is 28.6 Å². The lowest BCUT2D eigenvalue weighted by Crippen LogP contribution is -2.30. The normalized spacial score (nSPS) is 12.3. The SMILES string of the molecule is CC/C=C\C/C=C\C/C=C\C/C=C\CCCCCCCCCCCCCCCCCCCCCCC(=O)OCC(COC(=O)CCCCCCCCCCCC)OC(=O)CCCCCCCCCCCCCCCCCCC. The lowest BCUT2D eigenvalue weighted by Gasteiger charge is -2.18. The number of hydrogen-bond acceptors (Lipinski definition) is 6. The Hall–Kier alpha value is -2.63. The topological polar surface area (TPSA) is 78.9 Å².